The predicted octanol–water partition coefficient (Wildman–Crippen LogP) is 3.22. The molecule has 0 bridgehead atoms. The Labute approximate surface area is 101 Å². The molecule has 16 heavy (non-hydrogen) atoms. The lowest BCUT2D eigenvalue weighted by molar-refractivity contribution is 0.0138. The monoisotopic (exact) mass is 227 g/mol. The molecule has 1 aliphatic heterocycles. The van der Waals surface area contributed by atoms with Crippen LogP contribution in [-0.4, -0.2) is 25.3 Å². The Hall–Kier alpha value is -0.0800. The van der Waals surface area contributed by atoms with Crippen LogP contribution < -0.4 is 5.32 Å². The molecule has 0 aliphatic carbocycles. The third-order valence-corrected chi connectivity index (χ3v) is 4.19. The molecule has 3 atom stereocenters. The van der Waals surface area contributed by atoms with Gasteiger partial charge in [0, 0.05) is 6.54 Å². The molecule has 1 rings (SSSR count). The maximum absolute atomic E-state index is 5.96. The number of rotatable bonds is 6. The van der Waals surface area contributed by atoms with Crippen LogP contribution in [-0.2, 0) is 4.74 Å². The SMILES string of the molecule is CCNCC(C)(CC1CCC(C)O1)C(C)C. The third kappa shape index (κ3) is 3.74. The van der Waals surface area contributed by atoms with Crippen LogP contribution in [0.15, 0.2) is 0 Å². The van der Waals surface area contributed by atoms with Gasteiger partial charge in [0.15, 0.2) is 0 Å². The van der Waals surface area contributed by atoms with Crippen molar-refractivity contribution in [2.45, 2.75) is 66.1 Å². The van der Waals surface area contributed by atoms with E-state index >= 15 is 0 Å². The fourth-order valence-corrected chi connectivity index (χ4v) is 2.48. The van der Waals surface area contributed by atoms with Gasteiger partial charge in [0.05, 0.1) is 12.2 Å². The van der Waals surface area contributed by atoms with E-state index in [9.17, 15) is 0 Å². The highest BCUT2D eigenvalue weighted by atomic mass is 16.5. The minimum Gasteiger partial charge on any atom is -0.375 e. The van der Waals surface area contributed by atoms with Gasteiger partial charge >= 0.3 is 0 Å². The standard InChI is InChI=1S/C14H29NO/c1-6-15-10-14(5,11(2)3)9-13-8-7-12(4)16-13/h11-13,15H,6-10H2,1-5H3. The lowest BCUT2D eigenvalue weighted by Gasteiger charge is -2.36. The second-order valence-corrected chi connectivity index (χ2v) is 5.94. The van der Waals surface area contributed by atoms with E-state index in [2.05, 4.69) is 39.9 Å². The Balaban J connectivity index is 2.49. The van der Waals surface area contributed by atoms with Crippen molar-refractivity contribution in [3.05, 3.63) is 0 Å². The molecule has 1 aliphatic rings. The normalized spacial score (nSPS) is 29.6. The van der Waals surface area contributed by atoms with Crippen molar-refractivity contribution >= 4 is 0 Å². The van der Waals surface area contributed by atoms with Crippen molar-refractivity contribution in [3.8, 4) is 0 Å². The zero-order chi connectivity index (χ0) is 12.2. The van der Waals surface area contributed by atoms with E-state index in [1.165, 1.54) is 19.3 Å². The molecular weight excluding hydrogens is 198 g/mol. The van der Waals surface area contributed by atoms with Crippen LogP contribution in [0, 0.1) is 11.3 Å². The zero-order valence-electron chi connectivity index (χ0n) is 11.7. The number of nitrogens with one attached hydrogen (secondary N) is 1. The molecule has 2 heteroatoms. The van der Waals surface area contributed by atoms with Gasteiger partial charge in [-0.15, -0.1) is 0 Å². The quantitative estimate of drug-likeness (QED) is 0.752. The summed E-state index contributed by atoms with van der Waals surface area (Å²) in [6.45, 7) is 13.6. The molecule has 96 valence electrons. The molecule has 0 aromatic rings. The fourth-order valence-electron chi connectivity index (χ4n) is 2.48. The Morgan fingerprint density at radius 3 is 2.50 bits per heavy atom. The molecule has 0 spiro atoms. The first-order valence-electron chi connectivity index (χ1n) is 6.84. The smallest absolute Gasteiger partial charge is 0.0585 e. The van der Waals surface area contributed by atoms with Gasteiger partial charge in [0.2, 0.25) is 0 Å². The van der Waals surface area contributed by atoms with Gasteiger partial charge < -0.3 is 10.1 Å². The van der Waals surface area contributed by atoms with Gasteiger partial charge in [-0.1, -0.05) is 27.7 Å². The molecule has 2 nitrogen and oxygen atoms in total. The Morgan fingerprint density at radius 1 is 1.38 bits per heavy atom. The molecule has 3 unspecified atom stereocenters. The summed E-state index contributed by atoms with van der Waals surface area (Å²) >= 11 is 0. The van der Waals surface area contributed by atoms with Crippen molar-refractivity contribution < 1.29 is 4.74 Å². The summed E-state index contributed by atoms with van der Waals surface area (Å²) < 4.78 is 5.96. The first kappa shape index (κ1) is 14.0. The van der Waals surface area contributed by atoms with Crippen LogP contribution in [0.5, 0.6) is 0 Å². The summed E-state index contributed by atoms with van der Waals surface area (Å²) in [5.41, 5.74) is 0.366. The molecule has 0 aromatic heterocycles. The molecule has 0 saturated carbocycles. The Kier molecular flexibility index (Phi) is 5.26. The minimum absolute atomic E-state index is 0.366. The van der Waals surface area contributed by atoms with Crippen molar-refractivity contribution in [2.24, 2.45) is 11.3 Å². The highest BCUT2D eigenvalue weighted by Crippen LogP contribution is 2.36. The maximum atomic E-state index is 5.96. The van der Waals surface area contributed by atoms with Gasteiger partial charge in [-0.2, -0.15) is 0 Å². The minimum atomic E-state index is 0.366. The molecule has 1 heterocycles. The van der Waals surface area contributed by atoms with Crippen LogP contribution >= 0.6 is 0 Å². The molecule has 1 N–H and O–H groups in total. The van der Waals surface area contributed by atoms with Crippen molar-refractivity contribution in [1.29, 1.82) is 0 Å². The first-order valence-corrected chi connectivity index (χ1v) is 6.84. The highest BCUT2D eigenvalue weighted by molar-refractivity contribution is 4.85. The largest absolute Gasteiger partial charge is 0.375 e. The molecule has 1 saturated heterocycles. The van der Waals surface area contributed by atoms with Crippen molar-refractivity contribution in [2.75, 3.05) is 13.1 Å². The van der Waals surface area contributed by atoms with E-state index in [-0.39, 0.29) is 0 Å². The average Bonchev–Trinajstić information content (AvgIpc) is 2.60. The van der Waals surface area contributed by atoms with E-state index in [0.717, 1.165) is 13.1 Å². The van der Waals surface area contributed by atoms with E-state index in [0.29, 0.717) is 23.5 Å². The summed E-state index contributed by atoms with van der Waals surface area (Å²) in [5, 5.41) is 3.50. The molecule has 1 fully saturated rings. The van der Waals surface area contributed by atoms with Gasteiger partial charge in [-0.25, -0.2) is 0 Å². The number of ether oxygens (including phenoxy) is 1. The van der Waals surface area contributed by atoms with Crippen LogP contribution in [0.2, 0.25) is 0 Å². The second-order valence-electron chi connectivity index (χ2n) is 5.94. The average molecular weight is 227 g/mol. The summed E-state index contributed by atoms with van der Waals surface area (Å²) in [5.74, 6) is 0.700. The van der Waals surface area contributed by atoms with Gasteiger partial charge in [0.1, 0.15) is 0 Å². The summed E-state index contributed by atoms with van der Waals surface area (Å²) in [6, 6.07) is 0. The van der Waals surface area contributed by atoms with Gasteiger partial charge in [-0.3, -0.25) is 0 Å². The Bertz CT molecular complexity index is 205. The summed E-state index contributed by atoms with van der Waals surface area (Å²) in [6.07, 6.45) is 4.64. The molecule has 0 radical (unpaired) electrons. The predicted molar refractivity (Wildman–Crippen MR) is 69.7 cm³/mol. The first-order chi connectivity index (χ1) is 7.48. The number of hydrogen-bond acceptors (Lipinski definition) is 2. The fraction of sp³-hybridized carbons (Fsp3) is 1.00. The number of hydrogen-bond donors (Lipinski definition) is 1. The highest BCUT2D eigenvalue weighted by Gasteiger charge is 2.34. The van der Waals surface area contributed by atoms with Crippen LogP contribution in [0.3, 0.4) is 0 Å². The van der Waals surface area contributed by atoms with E-state index in [1.54, 1.807) is 0 Å². The summed E-state index contributed by atoms with van der Waals surface area (Å²) in [4.78, 5) is 0. The Morgan fingerprint density at radius 2 is 2.06 bits per heavy atom. The molecular formula is C14H29NO. The van der Waals surface area contributed by atoms with E-state index in [4.69, 9.17) is 4.74 Å². The zero-order valence-corrected chi connectivity index (χ0v) is 11.7. The summed E-state index contributed by atoms with van der Waals surface area (Å²) in [7, 11) is 0. The van der Waals surface area contributed by atoms with Gasteiger partial charge in [0.25, 0.3) is 0 Å². The van der Waals surface area contributed by atoms with Crippen LogP contribution in [0.1, 0.15) is 53.9 Å². The van der Waals surface area contributed by atoms with Crippen LogP contribution in [0.4, 0.5) is 0 Å². The lowest BCUT2D eigenvalue weighted by atomic mass is 9.74. The van der Waals surface area contributed by atoms with E-state index in [1.807, 2.05) is 0 Å². The van der Waals surface area contributed by atoms with Crippen LogP contribution in [0.25, 0.3) is 0 Å². The lowest BCUT2D eigenvalue weighted by Crippen LogP contribution is -2.38. The van der Waals surface area contributed by atoms with Crippen molar-refractivity contribution in [1.82, 2.24) is 5.32 Å². The maximum Gasteiger partial charge on any atom is 0.0585 e. The molecule has 0 aromatic carbocycles. The second kappa shape index (κ2) is 6.02. The topological polar surface area (TPSA) is 21.3 Å². The third-order valence-electron chi connectivity index (χ3n) is 4.19. The van der Waals surface area contributed by atoms with Gasteiger partial charge in [-0.05, 0) is 44.1 Å². The molecule has 0 amide bonds. The van der Waals surface area contributed by atoms with E-state index < -0.39 is 0 Å². The van der Waals surface area contributed by atoms with Crippen molar-refractivity contribution in [3.63, 3.8) is 0 Å².